The smallest absolute Gasteiger partial charge is 0.238 e. The Hall–Kier alpha value is -1.55. The monoisotopic (exact) mass is 261 g/mol. The SMILES string of the molecule is Cc1ccc(NC(=O)CN(C)C(C)C2CC2)c(N)c1. The van der Waals surface area contributed by atoms with Crippen LogP contribution in [0.25, 0.3) is 0 Å². The Morgan fingerprint density at radius 1 is 1.53 bits per heavy atom. The third kappa shape index (κ3) is 3.70. The molecule has 1 aromatic rings. The van der Waals surface area contributed by atoms with E-state index in [0.717, 1.165) is 11.5 Å². The van der Waals surface area contributed by atoms with Gasteiger partial charge in [-0.3, -0.25) is 9.69 Å². The second-order valence-electron chi connectivity index (χ2n) is 5.63. The fraction of sp³-hybridized carbons (Fsp3) is 0.533. The molecule has 1 fully saturated rings. The second kappa shape index (κ2) is 5.61. The Kier molecular flexibility index (Phi) is 4.10. The van der Waals surface area contributed by atoms with Crippen LogP contribution >= 0.6 is 0 Å². The van der Waals surface area contributed by atoms with Gasteiger partial charge in [0.05, 0.1) is 17.9 Å². The maximum atomic E-state index is 12.0. The van der Waals surface area contributed by atoms with Crippen LogP contribution in [0.5, 0.6) is 0 Å². The first-order valence-electron chi connectivity index (χ1n) is 6.83. The Labute approximate surface area is 115 Å². The summed E-state index contributed by atoms with van der Waals surface area (Å²) in [5, 5.41) is 2.88. The molecule has 0 spiro atoms. The lowest BCUT2D eigenvalue weighted by Gasteiger charge is -2.24. The fourth-order valence-electron chi connectivity index (χ4n) is 2.29. The van der Waals surface area contributed by atoms with Crippen LogP contribution in [0, 0.1) is 12.8 Å². The molecule has 1 aliphatic rings. The number of hydrogen-bond acceptors (Lipinski definition) is 3. The van der Waals surface area contributed by atoms with Crippen LogP contribution in [0.1, 0.15) is 25.3 Å². The Morgan fingerprint density at radius 2 is 2.21 bits per heavy atom. The molecular weight excluding hydrogens is 238 g/mol. The number of nitrogen functional groups attached to an aromatic ring is 1. The quantitative estimate of drug-likeness (QED) is 0.799. The van der Waals surface area contributed by atoms with Crippen molar-refractivity contribution in [3.8, 4) is 0 Å². The highest BCUT2D eigenvalue weighted by Gasteiger charge is 2.30. The molecule has 4 nitrogen and oxygen atoms in total. The van der Waals surface area contributed by atoms with Gasteiger partial charge in [0.25, 0.3) is 0 Å². The summed E-state index contributed by atoms with van der Waals surface area (Å²) in [4.78, 5) is 14.1. The number of nitrogens with zero attached hydrogens (tertiary/aromatic N) is 1. The van der Waals surface area contributed by atoms with Crippen molar-refractivity contribution in [2.75, 3.05) is 24.6 Å². The molecule has 19 heavy (non-hydrogen) atoms. The molecule has 0 aliphatic heterocycles. The van der Waals surface area contributed by atoms with Gasteiger partial charge in [-0.1, -0.05) is 6.07 Å². The number of carbonyl (C=O) groups excluding carboxylic acids is 1. The first-order valence-corrected chi connectivity index (χ1v) is 6.83. The minimum absolute atomic E-state index is 0.00875. The van der Waals surface area contributed by atoms with Crippen molar-refractivity contribution in [3.63, 3.8) is 0 Å². The molecule has 1 atom stereocenters. The minimum atomic E-state index is -0.00875. The lowest BCUT2D eigenvalue weighted by Crippen LogP contribution is -2.37. The van der Waals surface area contributed by atoms with Gasteiger partial charge in [0, 0.05) is 6.04 Å². The van der Waals surface area contributed by atoms with E-state index in [0.29, 0.717) is 24.0 Å². The van der Waals surface area contributed by atoms with Crippen molar-refractivity contribution in [2.24, 2.45) is 5.92 Å². The Bertz CT molecular complexity index is 468. The molecule has 1 aromatic carbocycles. The molecule has 0 radical (unpaired) electrons. The zero-order valence-electron chi connectivity index (χ0n) is 11.9. The zero-order valence-corrected chi connectivity index (χ0v) is 11.9. The number of likely N-dealkylation sites (N-methyl/N-ethyl adjacent to an activating group) is 1. The molecular formula is C15H23N3O. The van der Waals surface area contributed by atoms with Crippen molar-refractivity contribution < 1.29 is 4.79 Å². The van der Waals surface area contributed by atoms with Crippen molar-refractivity contribution in [3.05, 3.63) is 23.8 Å². The molecule has 2 rings (SSSR count). The van der Waals surface area contributed by atoms with Gasteiger partial charge in [0.2, 0.25) is 5.91 Å². The molecule has 0 saturated heterocycles. The van der Waals surface area contributed by atoms with Crippen LogP contribution in [-0.2, 0) is 4.79 Å². The molecule has 1 aliphatic carbocycles. The summed E-state index contributed by atoms with van der Waals surface area (Å²) >= 11 is 0. The molecule has 3 N–H and O–H groups in total. The number of amides is 1. The number of rotatable bonds is 5. The standard InChI is InChI=1S/C15H23N3O/c1-10-4-7-14(13(16)8-10)17-15(19)9-18(3)11(2)12-5-6-12/h4,7-8,11-12H,5-6,9,16H2,1-3H3,(H,17,19). The molecule has 104 valence electrons. The van der Waals surface area contributed by atoms with Gasteiger partial charge in [0.15, 0.2) is 0 Å². The number of nitrogens with one attached hydrogen (secondary N) is 1. The van der Waals surface area contributed by atoms with Crippen LogP contribution < -0.4 is 11.1 Å². The maximum Gasteiger partial charge on any atom is 0.238 e. The summed E-state index contributed by atoms with van der Waals surface area (Å²) in [6.07, 6.45) is 2.58. The molecule has 0 bridgehead atoms. The van der Waals surface area contributed by atoms with E-state index in [4.69, 9.17) is 5.73 Å². The van der Waals surface area contributed by atoms with Crippen LogP contribution in [0.15, 0.2) is 18.2 Å². The number of nitrogens with two attached hydrogens (primary N) is 1. The third-order valence-corrected chi connectivity index (χ3v) is 3.87. The van der Waals surface area contributed by atoms with E-state index < -0.39 is 0 Å². The van der Waals surface area contributed by atoms with E-state index in [1.807, 2.05) is 32.2 Å². The van der Waals surface area contributed by atoms with Crippen LogP contribution in [0.4, 0.5) is 11.4 Å². The van der Waals surface area contributed by atoms with E-state index in [-0.39, 0.29) is 5.91 Å². The van der Waals surface area contributed by atoms with Crippen LogP contribution in [0.2, 0.25) is 0 Å². The molecule has 0 aromatic heterocycles. The lowest BCUT2D eigenvalue weighted by atomic mass is 10.2. The predicted octanol–water partition coefficient (Wildman–Crippen LogP) is 2.25. The van der Waals surface area contributed by atoms with Gasteiger partial charge in [-0.05, 0) is 57.4 Å². The highest BCUT2D eigenvalue weighted by Crippen LogP contribution is 2.34. The summed E-state index contributed by atoms with van der Waals surface area (Å²) in [5.41, 5.74) is 8.30. The number of carbonyl (C=O) groups is 1. The Balaban J connectivity index is 1.89. The summed E-state index contributed by atoms with van der Waals surface area (Å²) in [7, 11) is 2.00. The van der Waals surface area contributed by atoms with Crippen LogP contribution in [-0.4, -0.2) is 30.4 Å². The van der Waals surface area contributed by atoms with Gasteiger partial charge in [0.1, 0.15) is 0 Å². The Morgan fingerprint density at radius 3 is 2.79 bits per heavy atom. The number of benzene rings is 1. The molecule has 4 heteroatoms. The average Bonchev–Trinajstić information content (AvgIpc) is 3.15. The molecule has 1 amide bonds. The maximum absolute atomic E-state index is 12.0. The summed E-state index contributed by atoms with van der Waals surface area (Å²) < 4.78 is 0. The predicted molar refractivity (Wildman–Crippen MR) is 79.0 cm³/mol. The van der Waals surface area contributed by atoms with Gasteiger partial charge in [-0.2, -0.15) is 0 Å². The van der Waals surface area contributed by atoms with Crippen molar-refractivity contribution >= 4 is 17.3 Å². The second-order valence-corrected chi connectivity index (χ2v) is 5.63. The van der Waals surface area contributed by atoms with Gasteiger partial charge in [-0.15, -0.1) is 0 Å². The van der Waals surface area contributed by atoms with Crippen molar-refractivity contribution in [1.29, 1.82) is 0 Å². The number of anilines is 2. The molecule has 1 saturated carbocycles. The minimum Gasteiger partial charge on any atom is -0.397 e. The topological polar surface area (TPSA) is 58.4 Å². The summed E-state index contributed by atoms with van der Waals surface area (Å²) in [5.74, 6) is 0.757. The van der Waals surface area contributed by atoms with Crippen molar-refractivity contribution in [2.45, 2.75) is 32.7 Å². The number of hydrogen-bond donors (Lipinski definition) is 2. The van der Waals surface area contributed by atoms with Gasteiger partial charge in [-0.25, -0.2) is 0 Å². The zero-order chi connectivity index (χ0) is 14.0. The largest absolute Gasteiger partial charge is 0.397 e. The summed E-state index contributed by atoms with van der Waals surface area (Å²) in [6, 6.07) is 6.14. The highest BCUT2D eigenvalue weighted by molar-refractivity contribution is 5.95. The number of aryl methyl sites for hydroxylation is 1. The average molecular weight is 261 g/mol. The first-order chi connectivity index (χ1) is 8.97. The highest BCUT2D eigenvalue weighted by atomic mass is 16.2. The normalized spacial score (nSPS) is 16.4. The lowest BCUT2D eigenvalue weighted by molar-refractivity contribution is -0.117. The molecule has 1 unspecified atom stereocenters. The summed E-state index contributed by atoms with van der Waals surface area (Å²) in [6.45, 7) is 4.57. The third-order valence-electron chi connectivity index (χ3n) is 3.87. The molecule has 0 heterocycles. The van der Waals surface area contributed by atoms with E-state index >= 15 is 0 Å². The van der Waals surface area contributed by atoms with Crippen molar-refractivity contribution in [1.82, 2.24) is 4.90 Å². The van der Waals surface area contributed by atoms with Gasteiger partial charge >= 0.3 is 0 Å². The van der Waals surface area contributed by atoms with Gasteiger partial charge < -0.3 is 11.1 Å². The fourth-order valence-corrected chi connectivity index (χ4v) is 2.29. The van der Waals surface area contributed by atoms with E-state index in [2.05, 4.69) is 17.1 Å². The van der Waals surface area contributed by atoms with E-state index in [1.165, 1.54) is 12.8 Å². The van der Waals surface area contributed by atoms with E-state index in [1.54, 1.807) is 0 Å². The van der Waals surface area contributed by atoms with E-state index in [9.17, 15) is 4.79 Å². The first kappa shape index (κ1) is 13.9. The van der Waals surface area contributed by atoms with Crippen LogP contribution in [0.3, 0.4) is 0 Å².